The second-order valence-electron chi connectivity index (χ2n) is 4.43. The molecule has 0 fully saturated rings. The average Bonchev–Trinajstić information content (AvgIpc) is 2.87. The standard InChI is InChI=1S/C13H15N5O2/c1-17(2)13(20)9-3-5-11(6-4-9)16-18-8-10(7-15-18)12(14)19/h3-8,16H,1-2H3,(H2,14,19). The van der Waals surface area contributed by atoms with Crippen LogP contribution in [0.4, 0.5) is 5.69 Å². The highest BCUT2D eigenvalue weighted by Gasteiger charge is 2.08. The van der Waals surface area contributed by atoms with Crippen LogP contribution in [-0.2, 0) is 0 Å². The number of rotatable bonds is 4. The summed E-state index contributed by atoms with van der Waals surface area (Å²) in [5.74, 6) is -0.600. The van der Waals surface area contributed by atoms with Gasteiger partial charge in [0.25, 0.3) is 11.8 Å². The molecule has 7 nitrogen and oxygen atoms in total. The molecule has 0 radical (unpaired) electrons. The Bertz CT molecular complexity index is 630. The van der Waals surface area contributed by atoms with Crippen LogP contribution in [0.5, 0.6) is 0 Å². The minimum atomic E-state index is -0.537. The summed E-state index contributed by atoms with van der Waals surface area (Å²) >= 11 is 0. The molecule has 0 spiro atoms. The monoisotopic (exact) mass is 273 g/mol. The lowest BCUT2D eigenvalue weighted by Gasteiger charge is -2.11. The quantitative estimate of drug-likeness (QED) is 0.851. The molecule has 1 heterocycles. The third-order valence-electron chi connectivity index (χ3n) is 2.65. The van der Waals surface area contributed by atoms with E-state index in [0.717, 1.165) is 5.69 Å². The summed E-state index contributed by atoms with van der Waals surface area (Å²) in [6.07, 6.45) is 2.86. The van der Waals surface area contributed by atoms with Crippen molar-refractivity contribution in [3.63, 3.8) is 0 Å². The number of nitrogens with two attached hydrogens (primary N) is 1. The van der Waals surface area contributed by atoms with Crippen molar-refractivity contribution < 1.29 is 9.59 Å². The topological polar surface area (TPSA) is 93.3 Å². The molecular formula is C13H15N5O2. The van der Waals surface area contributed by atoms with Gasteiger partial charge >= 0.3 is 0 Å². The number of hydrogen-bond acceptors (Lipinski definition) is 4. The van der Waals surface area contributed by atoms with Crippen LogP contribution in [-0.4, -0.2) is 40.7 Å². The van der Waals surface area contributed by atoms with Gasteiger partial charge in [-0.05, 0) is 24.3 Å². The third-order valence-corrected chi connectivity index (χ3v) is 2.65. The number of nitrogens with zero attached hydrogens (tertiary/aromatic N) is 3. The van der Waals surface area contributed by atoms with E-state index in [1.807, 2.05) is 0 Å². The van der Waals surface area contributed by atoms with Crippen molar-refractivity contribution in [1.29, 1.82) is 0 Å². The minimum Gasteiger partial charge on any atom is -0.365 e. The molecule has 0 atom stereocenters. The number of primary amides is 1. The molecule has 2 aromatic rings. The molecule has 20 heavy (non-hydrogen) atoms. The summed E-state index contributed by atoms with van der Waals surface area (Å²) in [7, 11) is 3.40. The Kier molecular flexibility index (Phi) is 3.69. The van der Waals surface area contributed by atoms with Gasteiger partial charge in [-0.15, -0.1) is 0 Å². The summed E-state index contributed by atoms with van der Waals surface area (Å²) in [6.45, 7) is 0. The van der Waals surface area contributed by atoms with Crippen molar-refractivity contribution in [3.05, 3.63) is 47.8 Å². The first-order valence-corrected chi connectivity index (χ1v) is 5.90. The van der Waals surface area contributed by atoms with Gasteiger partial charge in [-0.25, -0.2) is 0 Å². The molecule has 0 bridgehead atoms. The number of nitrogens with one attached hydrogen (secondary N) is 1. The second kappa shape index (κ2) is 5.43. The van der Waals surface area contributed by atoms with Crippen molar-refractivity contribution in [2.45, 2.75) is 0 Å². The Hall–Kier alpha value is -2.83. The summed E-state index contributed by atoms with van der Waals surface area (Å²) in [5, 5.41) is 3.95. The van der Waals surface area contributed by atoms with Crippen molar-refractivity contribution in [1.82, 2.24) is 14.8 Å². The van der Waals surface area contributed by atoms with E-state index < -0.39 is 5.91 Å². The second-order valence-corrected chi connectivity index (χ2v) is 4.43. The molecule has 7 heteroatoms. The Balaban J connectivity index is 2.10. The van der Waals surface area contributed by atoms with Crippen molar-refractivity contribution >= 4 is 17.5 Å². The maximum absolute atomic E-state index is 11.7. The van der Waals surface area contributed by atoms with Gasteiger partial charge in [0.15, 0.2) is 0 Å². The molecule has 2 rings (SSSR count). The number of amides is 2. The van der Waals surface area contributed by atoms with Crippen LogP contribution in [0.2, 0.25) is 0 Å². The van der Waals surface area contributed by atoms with Gasteiger partial charge in [0, 0.05) is 19.7 Å². The van der Waals surface area contributed by atoms with Gasteiger partial charge in [-0.2, -0.15) is 9.89 Å². The van der Waals surface area contributed by atoms with Crippen molar-refractivity contribution in [2.75, 3.05) is 19.5 Å². The van der Waals surface area contributed by atoms with E-state index in [1.54, 1.807) is 38.4 Å². The molecule has 104 valence electrons. The zero-order valence-corrected chi connectivity index (χ0v) is 11.2. The molecule has 0 aliphatic carbocycles. The Morgan fingerprint density at radius 3 is 2.35 bits per heavy atom. The van der Waals surface area contributed by atoms with Crippen LogP contribution in [0.3, 0.4) is 0 Å². The Labute approximate surface area is 115 Å². The predicted molar refractivity (Wildman–Crippen MR) is 74.2 cm³/mol. The first-order valence-electron chi connectivity index (χ1n) is 5.90. The average molecular weight is 273 g/mol. The molecule has 0 unspecified atom stereocenters. The van der Waals surface area contributed by atoms with E-state index in [9.17, 15) is 9.59 Å². The van der Waals surface area contributed by atoms with Gasteiger partial charge < -0.3 is 10.6 Å². The molecule has 1 aromatic carbocycles. The van der Waals surface area contributed by atoms with E-state index >= 15 is 0 Å². The van der Waals surface area contributed by atoms with E-state index in [4.69, 9.17) is 5.73 Å². The fourth-order valence-corrected chi connectivity index (χ4v) is 1.59. The van der Waals surface area contributed by atoms with Crippen molar-refractivity contribution in [2.24, 2.45) is 5.73 Å². The molecule has 0 aliphatic heterocycles. The lowest BCUT2D eigenvalue weighted by Crippen LogP contribution is -2.21. The number of carbonyl (C=O) groups is 2. The lowest BCUT2D eigenvalue weighted by atomic mass is 10.2. The van der Waals surface area contributed by atoms with Crippen LogP contribution >= 0.6 is 0 Å². The zero-order valence-electron chi connectivity index (χ0n) is 11.2. The fourth-order valence-electron chi connectivity index (χ4n) is 1.59. The van der Waals surface area contributed by atoms with Crippen molar-refractivity contribution in [3.8, 4) is 0 Å². The van der Waals surface area contributed by atoms with Gasteiger partial charge in [0.2, 0.25) is 0 Å². The highest BCUT2D eigenvalue weighted by Crippen LogP contribution is 2.11. The Morgan fingerprint density at radius 2 is 1.85 bits per heavy atom. The first-order chi connectivity index (χ1) is 9.47. The molecule has 0 aliphatic rings. The normalized spacial score (nSPS) is 10.1. The van der Waals surface area contributed by atoms with E-state index in [2.05, 4.69) is 10.5 Å². The SMILES string of the molecule is CN(C)C(=O)c1ccc(Nn2cc(C(N)=O)cn2)cc1. The van der Waals surface area contributed by atoms with Gasteiger partial charge in [-0.1, -0.05) is 0 Å². The lowest BCUT2D eigenvalue weighted by molar-refractivity contribution is 0.0827. The molecule has 1 aromatic heterocycles. The molecule has 2 amide bonds. The van der Waals surface area contributed by atoms with E-state index in [0.29, 0.717) is 11.1 Å². The van der Waals surface area contributed by atoms with Crippen LogP contribution in [0.25, 0.3) is 0 Å². The summed E-state index contributed by atoms with van der Waals surface area (Å²) in [4.78, 5) is 25.6. The van der Waals surface area contributed by atoms with Gasteiger partial charge in [0.1, 0.15) is 0 Å². The maximum atomic E-state index is 11.7. The van der Waals surface area contributed by atoms with Gasteiger partial charge in [0.05, 0.1) is 23.6 Å². The van der Waals surface area contributed by atoms with Crippen LogP contribution < -0.4 is 11.2 Å². The van der Waals surface area contributed by atoms with E-state index in [-0.39, 0.29) is 5.91 Å². The van der Waals surface area contributed by atoms with Crippen LogP contribution in [0, 0.1) is 0 Å². The Morgan fingerprint density at radius 1 is 1.20 bits per heavy atom. The fraction of sp³-hybridized carbons (Fsp3) is 0.154. The molecular weight excluding hydrogens is 258 g/mol. The number of carbonyl (C=O) groups excluding carboxylic acids is 2. The smallest absolute Gasteiger partial charge is 0.253 e. The number of aromatic nitrogens is 2. The first kappa shape index (κ1) is 13.6. The minimum absolute atomic E-state index is 0.0633. The summed E-state index contributed by atoms with van der Waals surface area (Å²) in [5.41, 5.74) is 9.74. The highest BCUT2D eigenvalue weighted by atomic mass is 16.2. The third kappa shape index (κ3) is 2.94. The molecule has 0 saturated carbocycles. The predicted octanol–water partition coefficient (Wildman–Crippen LogP) is 0.559. The number of anilines is 1. The highest BCUT2D eigenvalue weighted by molar-refractivity contribution is 5.94. The number of benzene rings is 1. The maximum Gasteiger partial charge on any atom is 0.253 e. The van der Waals surface area contributed by atoms with Crippen LogP contribution in [0.1, 0.15) is 20.7 Å². The van der Waals surface area contributed by atoms with E-state index in [1.165, 1.54) is 22.1 Å². The molecule has 0 saturated heterocycles. The molecule has 3 N–H and O–H groups in total. The summed E-state index contributed by atoms with van der Waals surface area (Å²) in [6, 6.07) is 6.93. The zero-order chi connectivity index (χ0) is 14.7. The van der Waals surface area contributed by atoms with Gasteiger partial charge in [-0.3, -0.25) is 15.0 Å². The largest absolute Gasteiger partial charge is 0.365 e. The number of hydrogen-bond donors (Lipinski definition) is 2. The summed E-state index contributed by atoms with van der Waals surface area (Å²) < 4.78 is 0. The van der Waals surface area contributed by atoms with Crippen LogP contribution in [0.15, 0.2) is 36.7 Å².